The number of aromatic nitrogens is 3. The van der Waals surface area contributed by atoms with Gasteiger partial charge in [-0.3, -0.25) is 0 Å². The molecule has 23 heavy (non-hydrogen) atoms. The van der Waals surface area contributed by atoms with E-state index in [9.17, 15) is 8.42 Å². The third-order valence-electron chi connectivity index (χ3n) is 3.54. The van der Waals surface area contributed by atoms with E-state index in [0.29, 0.717) is 29.8 Å². The molecule has 0 radical (unpaired) electrons. The smallest absolute Gasteiger partial charge is 0.244 e. The van der Waals surface area contributed by atoms with Crippen molar-refractivity contribution in [1.82, 2.24) is 15.2 Å². The van der Waals surface area contributed by atoms with Gasteiger partial charge in [0, 0.05) is 17.6 Å². The average Bonchev–Trinajstić information content (AvgIpc) is 2.86. The number of sulfone groups is 1. The molecule has 1 aromatic carbocycles. The summed E-state index contributed by atoms with van der Waals surface area (Å²) in [4.78, 5) is 4.29. The van der Waals surface area contributed by atoms with Crippen molar-refractivity contribution in [3.8, 4) is 0 Å². The fourth-order valence-electron chi connectivity index (χ4n) is 2.38. The van der Waals surface area contributed by atoms with Gasteiger partial charge in [-0.1, -0.05) is 29.8 Å². The molecular weight excluding hydrogens is 338 g/mol. The predicted octanol–water partition coefficient (Wildman–Crippen LogP) is 1.74. The summed E-state index contributed by atoms with van der Waals surface area (Å²) in [6.07, 6.45) is 2.06. The van der Waals surface area contributed by atoms with Crippen LogP contribution >= 0.6 is 11.6 Å². The number of hydrogen-bond donors (Lipinski definition) is 2. The SMILES string of the molecule is O=S1(=O)CCC(Nc2cnnc(NCc3ccccc3Cl)n2)C1. The van der Waals surface area contributed by atoms with Gasteiger partial charge in [-0.05, 0) is 18.1 Å². The molecule has 1 fully saturated rings. The van der Waals surface area contributed by atoms with Crippen molar-refractivity contribution in [3.05, 3.63) is 41.0 Å². The largest absolute Gasteiger partial charge is 0.365 e. The Hall–Kier alpha value is -1.93. The molecule has 0 aliphatic carbocycles. The highest BCUT2D eigenvalue weighted by Gasteiger charge is 2.28. The Morgan fingerprint density at radius 3 is 2.87 bits per heavy atom. The first-order chi connectivity index (χ1) is 11.0. The number of nitrogens with zero attached hydrogens (tertiary/aromatic N) is 3. The molecule has 1 aliphatic heterocycles. The van der Waals surface area contributed by atoms with Crippen molar-refractivity contribution in [2.75, 3.05) is 22.1 Å². The number of halogens is 1. The first kappa shape index (κ1) is 15.9. The van der Waals surface area contributed by atoms with Gasteiger partial charge in [0.1, 0.15) is 0 Å². The zero-order valence-corrected chi connectivity index (χ0v) is 13.8. The second kappa shape index (κ2) is 6.67. The summed E-state index contributed by atoms with van der Waals surface area (Å²) >= 11 is 6.10. The second-order valence-electron chi connectivity index (χ2n) is 5.35. The zero-order chi connectivity index (χ0) is 16.3. The molecule has 1 aliphatic rings. The van der Waals surface area contributed by atoms with Gasteiger partial charge in [0.15, 0.2) is 15.7 Å². The van der Waals surface area contributed by atoms with E-state index in [1.54, 1.807) is 0 Å². The molecule has 9 heteroatoms. The molecule has 0 saturated carbocycles. The minimum Gasteiger partial charge on any atom is -0.365 e. The third kappa shape index (κ3) is 4.29. The van der Waals surface area contributed by atoms with Gasteiger partial charge in [0.2, 0.25) is 5.95 Å². The zero-order valence-electron chi connectivity index (χ0n) is 12.2. The van der Waals surface area contributed by atoms with Gasteiger partial charge < -0.3 is 10.6 Å². The molecule has 7 nitrogen and oxygen atoms in total. The summed E-state index contributed by atoms with van der Waals surface area (Å²) in [5.41, 5.74) is 0.929. The fraction of sp³-hybridized carbons (Fsp3) is 0.357. The van der Waals surface area contributed by atoms with E-state index in [0.717, 1.165) is 5.56 Å². The monoisotopic (exact) mass is 353 g/mol. The average molecular weight is 354 g/mol. The first-order valence-corrected chi connectivity index (χ1v) is 9.36. The van der Waals surface area contributed by atoms with Crippen LogP contribution in [0.2, 0.25) is 5.02 Å². The number of nitrogens with one attached hydrogen (secondary N) is 2. The van der Waals surface area contributed by atoms with Gasteiger partial charge in [-0.25, -0.2) is 8.42 Å². The van der Waals surface area contributed by atoms with E-state index in [1.807, 2.05) is 24.3 Å². The van der Waals surface area contributed by atoms with Crippen LogP contribution in [0, 0.1) is 0 Å². The molecule has 1 atom stereocenters. The van der Waals surface area contributed by atoms with Crippen molar-refractivity contribution in [2.24, 2.45) is 0 Å². The Labute approximate surface area is 139 Å². The summed E-state index contributed by atoms with van der Waals surface area (Å²) in [6.45, 7) is 0.475. The fourth-order valence-corrected chi connectivity index (χ4v) is 4.26. The van der Waals surface area contributed by atoms with Crippen LogP contribution in [-0.2, 0) is 16.4 Å². The Balaban J connectivity index is 1.62. The maximum Gasteiger partial charge on any atom is 0.244 e. The van der Waals surface area contributed by atoms with E-state index < -0.39 is 9.84 Å². The Morgan fingerprint density at radius 2 is 2.13 bits per heavy atom. The van der Waals surface area contributed by atoms with E-state index in [2.05, 4.69) is 25.8 Å². The first-order valence-electron chi connectivity index (χ1n) is 7.16. The van der Waals surface area contributed by atoms with Crippen molar-refractivity contribution >= 4 is 33.2 Å². The van der Waals surface area contributed by atoms with E-state index in [4.69, 9.17) is 11.6 Å². The van der Waals surface area contributed by atoms with E-state index in [1.165, 1.54) is 6.20 Å². The van der Waals surface area contributed by atoms with Crippen LogP contribution in [0.5, 0.6) is 0 Å². The highest BCUT2D eigenvalue weighted by Crippen LogP contribution is 2.18. The molecule has 0 amide bonds. The number of hydrogen-bond acceptors (Lipinski definition) is 7. The van der Waals surface area contributed by atoms with Crippen molar-refractivity contribution in [2.45, 2.75) is 19.0 Å². The minimum atomic E-state index is -2.93. The molecule has 0 spiro atoms. The molecule has 1 saturated heterocycles. The van der Waals surface area contributed by atoms with Gasteiger partial charge in [-0.15, -0.1) is 5.10 Å². The Morgan fingerprint density at radius 1 is 1.30 bits per heavy atom. The van der Waals surface area contributed by atoms with Crippen molar-refractivity contribution < 1.29 is 8.42 Å². The predicted molar refractivity (Wildman–Crippen MR) is 89.3 cm³/mol. The minimum absolute atomic E-state index is 0.124. The van der Waals surface area contributed by atoms with Gasteiger partial charge in [0.25, 0.3) is 0 Å². The lowest BCUT2D eigenvalue weighted by Crippen LogP contribution is -2.21. The number of rotatable bonds is 5. The van der Waals surface area contributed by atoms with Crippen LogP contribution < -0.4 is 10.6 Å². The Kier molecular flexibility index (Phi) is 4.63. The topological polar surface area (TPSA) is 96.9 Å². The third-order valence-corrected chi connectivity index (χ3v) is 5.67. The second-order valence-corrected chi connectivity index (χ2v) is 7.99. The summed E-state index contributed by atoms with van der Waals surface area (Å²) < 4.78 is 23.0. The molecule has 0 bridgehead atoms. The van der Waals surface area contributed by atoms with Crippen LogP contribution in [0.1, 0.15) is 12.0 Å². The summed E-state index contributed by atoms with van der Waals surface area (Å²) in [7, 11) is -2.93. The molecule has 2 N–H and O–H groups in total. The molecule has 2 heterocycles. The Bertz CT molecular complexity index is 799. The lowest BCUT2D eigenvalue weighted by molar-refractivity contribution is 0.602. The molecule has 2 aromatic rings. The van der Waals surface area contributed by atoms with E-state index >= 15 is 0 Å². The highest BCUT2D eigenvalue weighted by atomic mass is 35.5. The molecule has 122 valence electrons. The van der Waals surface area contributed by atoms with Gasteiger partial charge in [0.05, 0.1) is 17.7 Å². The molecule has 1 unspecified atom stereocenters. The highest BCUT2D eigenvalue weighted by molar-refractivity contribution is 7.91. The van der Waals surface area contributed by atoms with Crippen LogP contribution in [0.4, 0.5) is 11.8 Å². The quantitative estimate of drug-likeness (QED) is 0.844. The maximum atomic E-state index is 11.5. The van der Waals surface area contributed by atoms with Crippen LogP contribution in [0.15, 0.2) is 30.5 Å². The van der Waals surface area contributed by atoms with Crippen LogP contribution in [0.3, 0.4) is 0 Å². The van der Waals surface area contributed by atoms with Crippen LogP contribution in [0.25, 0.3) is 0 Å². The maximum absolute atomic E-state index is 11.5. The van der Waals surface area contributed by atoms with Gasteiger partial charge in [-0.2, -0.15) is 10.1 Å². The molecule has 1 aromatic heterocycles. The lowest BCUT2D eigenvalue weighted by atomic mass is 10.2. The molecular formula is C14H16ClN5O2S. The van der Waals surface area contributed by atoms with Crippen molar-refractivity contribution in [1.29, 1.82) is 0 Å². The summed E-state index contributed by atoms with van der Waals surface area (Å²) in [6, 6.07) is 7.36. The number of anilines is 2. The summed E-state index contributed by atoms with van der Waals surface area (Å²) in [5, 5.41) is 14.6. The lowest BCUT2D eigenvalue weighted by Gasteiger charge is -2.12. The molecule has 3 rings (SSSR count). The summed E-state index contributed by atoms with van der Waals surface area (Å²) in [5.74, 6) is 1.19. The standard InChI is InChI=1S/C14H16ClN5O2S/c15-12-4-2-1-3-10(12)7-16-14-19-13(8-17-20-14)18-11-5-6-23(21,22)9-11/h1-4,8,11H,5-7,9H2,(H2,16,18,19,20). The van der Waals surface area contributed by atoms with Gasteiger partial charge >= 0.3 is 0 Å². The van der Waals surface area contributed by atoms with Crippen LogP contribution in [-0.4, -0.2) is 41.1 Å². The number of benzene rings is 1. The van der Waals surface area contributed by atoms with Crippen molar-refractivity contribution in [3.63, 3.8) is 0 Å². The van der Waals surface area contributed by atoms with E-state index in [-0.39, 0.29) is 17.5 Å². The normalized spacial score (nSPS) is 19.4.